The Labute approximate surface area is 181 Å². The van der Waals surface area contributed by atoms with Crippen LogP contribution in [0.3, 0.4) is 0 Å². The molecule has 0 bridgehead atoms. The third kappa shape index (κ3) is 4.44. The Bertz CT molecular complexity index is 1090. The van der Waals surface area contributed by atoms with Crippen molar-refractivity contribution in [3.05, 3.63) is 47.0 Å². The minimum absolute atomic E-state index is 0.0509. The van der Waals surface area contributed by atoms with Crippen LogP contribution in [0.25, 0.3) is 10.9 Å². The van der Waals surface area contributed by atoms with Gasteiger partial charge in [0.05, 0.1) is 17.7 Å². The monoisotopic (exact) mass is 423 g/mol. The Morgan fingerprint density at radius 2 is 2.06 bits per heavy atom. The van der Waals surface area contributed by atoms with E-state index in [4.69, 9.17) is 4.74 Å². The molecule has 3 aromatic rings. The molecule has 1 aliphatic heterocycles. The number of benzene rings is 2. The highest BCUT2D eigenvalue weighted by Crippen LogP contribution is 2.32. The van der Waals surface area contributed by atoms with Crippen molar-refractivity contribution in [2.45, 2.75) is 26.4 Å². The van der Waals surface area contributed by atoms with E-state index in [0.717, 1.165) is 35.2 Å². The van der Waals surface area contributed by atoms with Gasteiger partial charge in [0.1, 0.15) is 11.5 Å². The summed E-state index contributed by atoms with van der Waals surface area (Å²) in [5.41, 5.74) is 3.15. The van der Waals surface area contributed by atoms with E-state index in [-0.39, 0.29) is 17.2 Å². The molecule has 0 saturated heterocycles. The molecule has 1 amide bonds. The van der Waals surface area contributed by atoms with Crippen LogP contribution in [0.5, 0.6) is 11.5 Å². The third-order valence-electron chi connectivity index (χ3n) is 5.46. The summed E-state index contributed by atoms with van der Waals surface area (Å²) in [6.45, 7) is 5.34. The third-order valence-corrected chi connectivity index (χ3v) is 5.46. The molecule has 0 radical (unpaired) electrons. The molecule has 0 saturated carbocycles. The maximum absolute atomic E-state index is 13.2. The van der Waals surface area contributed by atoms with Crippen molar-refractivity contribution < 1.29 is 14.6 Å². The second kappa shape index (κ2) is 8.85. The zero-order chi connectivity index (χ0) is 22.0. The van der Waals surface area contributed by atoms with Crippen LogP contribution in [-0.4, -0.2) is 64.8 Å². The molecule has 1 aromatic heterocycles. The summed E-state index contributed by atoms with van der Waals surface area (Å²) in [4.78, 5) is 17.1. The van der Waals surface area contributed by atoms with Crippen molar-refractivity contribution >= 4 is 22.6 Å². The fourth-order valence-electron chi connectivity index (χ4n) is 3.87. The fourth-order valence-corrected chi connectivity index (χ4v) is 3.87. The number of nitrogens with zero attached hydrogens (tertiary/aromatic N) is 3. The molecule has 1 aliphatic rings. The van der Waals surface area contributed by atoms with Crippen LogP contribution in [-0.2, 0) is 13.1 Å². The second-order valence-electron chi connectivity index (χ2n) is 8.11. The van der Waals surface area contributed by atoms with Gasteiger partial charge in [0, 0.05) is 37.6 Å². The standard InChI is InChI=1S/C23H29N5O3/c1-4-24-22-18-11-19(21(29)12-20(18)25-26-22)23(30)28-13-15-6-7-17(10-16(15)14-28)31-9-5-8-27(2)3/h6-7,10-12,29H,4-5,8-9,13-14H2,1-3H3,(H2,24,25,26). The lowest BCUT2D eigenvalue weighted by atomic mass is 10.1. The SMILES string of the molecule is CCNc1n[nH]c2cc(O)c(C(=O)N3Cc4ccc(OCCCN(C)C)cc4C3)cc12. The Morgan fingerprint density at radius 3 is 2.84 bits per heavy atom. The summed E-state index contributed by atoms with van der Waals surface area (Å²) in [7, 11) is 4.09. The van der Waals surface area contributed by atoms with Gasteiger partial charge in [-0.1, -0.05) is 6.07 Å². The Balaban J connectivity index is 1.48. The van der Waals surface area contributed by atoms with Gasteiger partial charge in [-0.05, 0) is 56.8 Å². The van der Waals surface area contributed by atoms with Gasteiger partial charge in [0.2, 0.25) is 0 Å². The van der Waals surface area contributed by atoms with Gasteiger partial charge in [-0.15, -0.1) is 0 Å². The number of nitrogens with one attached hydrogen (secondary N) is 2. The number of carbonyl (C=O) groups is 1. The normalized spacial score (nSPS) is 13.1. The van der Waals surface area contributed by atoms with Crippen LogP contribution < -0.4 is 10.1 Å². The summed E-state index contributed by atoms with van der Waals surface area (Å²) in [5, 5.41) is 21.5. The lowest BCUT2D eigenvalue weighted by Gasteiger charge is -2.16. The van der Waals surface area contributed by atoms with E-state index in [1.807, 2.05) is 39.2 Å². The van der Waals surface area contributed by atoms with Crippen LogP contribution in [0.4, 0.5) is 5.82 Å². The molecule has 2 heterocycles. The summed E-state index contributed by atoms with van der Waals surface area (Å²) < 4.78 is 5.87. The van der Waals surface area contributed by atoms with Gasteiger partial charge < -0.3 is 25.0 Å². The first kappa shape index (κ1) is 21.0. The quantitative estimate of drug-likeness (QED) is 0.482. The van der Waals surface area contributed by atoms with Crippen molar-refractivity contribution in [1.82, 2.24) is 20.0 Å². The Kier molecular flexibility index (Phi) is 5.99. The number of amides is 1. The summed E-state index contributed by atoms with van der Waals surface area (Å²) in [6, 6.07) is 9.25. The van der Waals surface area contributed by atoms with Crippen molar-refractivity contribution in [2.24, 2.45) is 0 Å². The average Bonchev–Trinajstić information content (AvgIpc) is 3.34. The zero-order valence-electron chi connectivity index (χ0n) is 18.2. The van der Waals surface area contributed by atoms with Crippen molar-refractivity contribution in [3.63, 3.8) is 0 Å². The molecule has 0 aliphatic carbocycles. The van der Waals surface area contributed by atoms with E-state index in [2.05, 4.69) is 20.4 Å². The first-order valence-electron chi connectivity index (χ1n) is 10.6. The van der Waals surface area contributed by atoms with Crippen LogP contribution in [0.15, 0.2) is 30.3 Å². The number of aromatic hydroxyl groups is 1. The van der Waals surface area contributed by atoms with Crippen LogP contribution in [0.1, 0.15) is 34.8 Å². The van der Waals surface area contributed by atoms with Gasteiger partial charge in [-0.3, -0.25) is 9.89 Å². The predicted octanol–water partition coefficient (Wildman–Crippen LogP) is 3.19. The molecule has 2 aromatic carbocycles. The number of aromatic amines is 1. The molecule has 0 atom stereocenters. The number of fused-ring (bicyclic) bond motifs is 2. The summed E-state index contributed by atoms with van der Waals surface area (Å²) >= 11 is 0. The highest BCUT2D eigenvalue weighted by Gasteiger charge is 2.27. The number of anilines is 1. The maximum atomic E-state index is 13.2. The van der Waals surface area contributed by atoms with Gasteiger partial charge in [0.15, 0.2) is 5.82 Å². The first-order valence-corrected chi connectivity index (χ1v) is 10.6. The van der Waals surface area contributed by atoms with Crippen molar-refractivity contribution in [2.75, 3.05) is 39.1 Å². The molecule has 164 valence electrons. The van der Waals surface area contributed by atoms with E-state index in [0.29, 0.717) is 37.6 Å². The average molecular weight is 424 g/mol. The highest BCUT2D eigenvalue weighted by atomic mass is 16.5. The van der Waals surface area contributed by atoms with Gasteiger partial charge in [0.25, 0.3) is 5.91 Å². The molecular weight excluding hydrogens is 394 g/mol. The van der Waals surface area contributed by atoms with E-state index >= 15 is 0 Å². The second-order valence-corrected chi connectivity index (χ2v) is 8.11. The number of phenols is 1. The van der Waals surface area contributed by atoms with E-state index in [9.17, 15) is 9.90 Å². The summed E-state index contributed by atoms with van der Waals surface area (Å²) in [6.07, 6.45) is 0.958. The lowest BCUT2D eigenvalue weighted by Crippen LogP contribution is -2.25. The van der Waals surface area contributed by atoms with Crippen molar-refractivity contribution in [3.8, 4) is 11.5 Å². The fraction of sp³-hybridized carbons (Fsp3) is 0.391. The van der Waals surface area contributed by atoms with Crippen LogP contribution in [0.2, 0.25) is 0 Å². The number of H-pyrrole nitrogens is 1. The molecule has 8 nitrogen and oxygen atoms in total. The molecule has 0 spiro atoms. The molecule has 0 unspecified atom stereocenters. The lowest BCUT2D eigenvalue weighted by molar-refractivity contribution is 0.0748. The molecular formula is C23H29N5O3. The summed E-state index contributed by atoms with van der Waals surface area (Å²) in [5.74, 6) is 1.25. The number of rotatable bonds is 8. The molecule has 4 rings (SSSR count). The molecule has 31 heavy (non-hydrogen) atoms. The Morgan fingerprint density at radius 1 is 1.26 bits per heavy atom. The number of ether oxygens (including phenoxy) is 1. The van der Waals surface area contributed by atoms with Crippen LogP contribution >= 0.6 is 0 Å². The van der Waals surface area contributed by atoms with Crippen molar-refractivity contribution in [1.29, 1.82) is 0 Å². The van der Waals surface area contributed by atoms with Gasteiger partial charge in [-0.2, -0.15) is 5.10 Å². The molecule has 8 heteroatoms. The highest BCUT2D eigenvalue weighted by molar-refractivity contribution is 6.03. The van der Waals surface area contributed by atoms with E-state index in [1.165, 1.54) is 0 Å². The topological polar surface area (TPSA) is 93.7 Å². The number of aromatic nitrogens is 2. The molecule has 3 N–H and O–H groups in total. The predicted molar refractivity (Wildman–Crippen MR) is 121 cm³/mol. The van der Waals surface area contributed by atoms with Crippen LogP contribution in [0, 0.1) is 0 Å². The van der Waals surface area contributed by atoms with Gasteiger partial charge in [-0.25, -0.2) is 0 Å². The minimum atomic E-state index is -0.201. The van der Waals surface area contributed by atoms with E-state index in [1.54, 1.807) is 17.0 Å². The number of carbonyl (C=O) groups excluding carboxylic acids is 1. The number of hydrogen-bond acceptors (Lipinski definition) is 6. The van der Waals surface area contributed by atoms with E-state index < -0.39 is 0 Å². The molecule has 0 fully saturated rings. The smallest absolute Gasteiger partial charge is 0.258 e. The number of phenolic OH excluding ortho intramolecular Hbond substituents is 1. The largest absolute Gasteiger partial charge is 0.507 e. The number of hydrogen-bond donors (Lipinski definition) is 3. The maximum Gasteiger partial charge on any atom is 0.258 e. The zero-order valence-corrected chi connectivity index (χ0v) is 18.2. The minimum Gasteiger partial charge on any atom is -0.507 e. The van der Waals surface area contributed by atoms with Gasteiger partial charge >= 0.3 is 0 Å². The Hall–Kier alpha value is -3.26. The first-order chi connectivity index (χ1) is 15.0.